The van der Waals surface area contributed by atoms with Crippen LogP contribution in [0.25, 0.3) is 11.5 Å². The first kappa shape index (κ1) is 19.6. The number of carbonyl (C=O) groups is 2. The predicted octanol–water partition coefficient (Wildman–Crippen LogP) is 3.45. The maximum atomic E-state index is 12.6. The molecule has 154 valence electrons. The number of aromatic nitrogens is 2. The fourth-order valence-electron chi connectivity index (χ4n) is 4.46. The van der Waals surface area contributed by atoms with E-state index < -0.39 is 5.92 Å². The van der Waals surface area contributed by atoms with Crippen molar-refractivity contribution < 1.29 is 18.7 Å². The number of likely N-dealkylation sites (tertiary alicyclic amines) is 1. The maximum Gasteiger partial charge on any atom is 0.311 e. The Morgan fingerprint density at radius 2 is 2.00 bits per heavy atom. The Labute approximate surface area is 170 Å². The quantitative estimate of drug-likeness (QED) is 0.719. The van der Waals surface area contributed by atoms with Crippen LogP contribution in [0.2, 0.25) is 0 Å². The number of hydrogen-bond acceptors (Lipinski definition) is 6. The first-order valence-electron chi connectivity index (χ1n) is 10.4. The highest BCUT2D eigenvalue weighted by Crippen LogP contribution is 2.36. The predicted molar refractivity (Wildman–Crippen MR) is 105 cm³/mol. The summed E-state index contributed by atoms with van der Waals surface area (Å²) < 4.78 is 10.9. The van der Waals surface area contributed by atoms with E-state index in [1.165, 1.54) is 6.42 Å². The van der Waals surface area contributed by atoms with Gasteiger partial charge in [-0.3, -0.25) is 9.59 Å². The second-order valence-corrected chi connectivity index (χ2v) is 8.26. The highest BCUT2D eigenvalue weighted by atomic mass is 16.5. The molecule has 1 aromatic carbocycles. The Bertz CT molecular complexity index is 866. The number of benzene rings is 1. The molecule has 1 aliphatic carbocycles. The topological polar surface area (TPSA) is 85.5 Å². The normalized spacial score (nSPS) is 27.2. The molecule has 2 aromatic rings. The summed E-state index contributed by atoms with van der Waals surface area (Å²) >= 11 is 0. The van der Waals surface area contributed by atoms with Gasteiger partial charge in [-0.1, -0.05) is 44.9 Å². The number of hydrogen-bond donors (Lipinski definition) is 0. The summed E-state index contributed by atoms with van der Waals surface area (Å²) in [7, 11) is 0. The zero-order chi connectivity index (χ0) is 20.4. The summed E-state index contributed by atoms with van der Waals surface area (Å²) in [5.74, 6) is 0.941. The highest BCUT2D eigenvalue weighted by molar-refractivity contribution is 5.87. The van der Waals surface area contributed by atoms with Crippen molar-refractivity contribution in [2.75, 3.05) is 6.54 Å². The third-order valence-electron chi connectivity index (χ3n) is 6.38. The molecule has 0 spiro atoms. The van der Waals surface area contributed by atoms with Crippen LogP contribution in [0.4, 0.5) is 0 Å². The van der Waals surface area contributed by atoms with Gasteiger partial charge < -0.3 is 14.1 Å². The number of rotatable bonds is 5. The van der Waals surface area contributed by atoms with Crippen LogP contribution in [-0.2, 0) is 20.9 Å². The van der Waals surface area contributed by atoms with Crippen molar-refractivity contribution in [1.82, 2.24) is 15.1 Å². The van der Waals surface area contributed by atoms with Crippen molar-refractivity contribution >= 4 is 11.9 Å². The van der Waals surface area contributed by atoms with Crippen LogP contribution in [0.1, 0.15) is 45.4 Å². The summed E-state index contributed by atoms with van der Waals surface area (Å²) in [5, 5.41) is 7.93. The van der Waals surface area contributed by atoms with E-state index in [1.807, 2.05) is 35.2 Å². The highest BCUT2D eigenvalue weighted by Gasteiger charge is 2.42. The molecule has 1 saturated carbocycles. The third kappa shape index (κ3) is 4.18. The summed E-state index contributed by atoms with van der Waals surface area (Å²) in [4.78, 5) is 27.0. The molecule has 7 heteroatoms. The Balaban J connectivity index is 1.33. The standard InChI is InChI=1S/C22H27N3O4/c1-14-7-6-10-18(15(14)2)25-12-17(11-20(25)26)22(27)28-13-19-23-24-21(29-19)16-8-4-3-5-9-16/h3-5,8-9,14-15,17-18H,6-7,10-13H2,1-2H3/t14-,15-,17-,18+/m1/s1. The first-order valence-corrected chi connectivity index (χ1v) is 10.4. The molecule has 2 aliphatic rings. The molecule has 7 nitrogen and oxygen atoms in total. The van der Waals surface area contributed by atoms with Crippen LogP contribution in [0.3, 0.4) is 0 Å². The van der Waals surface area contributed by atoms with Crippen LogP contribution in [-0.4, -0.2) is 39.6 Å². The second kappa shape index (κ2) is 8.35. The van der Waals surface area contributed by atoms with Gasteiger partial charge in [0.25, 0.3) is 5.89 Å². The zero-order valence-corrected chi connectivity index (χ0v) is 16.9. The fraction of sp³-hybridized carbons (Fsp3) is 0.545. The van der Waals surface area contributed by atoms with Crippen molar-refractivity contribution in [2.45, 2.75) is 52.2 Å². The van der Waals surface area contributed by atoms with E-state index in [9.17, 15) is 9.59 Å². The monoisotopic (exact) mass is 397 g/mol. The minimum Gasteiger partial charge on any atom is -0.455 e. The van der Waals surface area contributed by atoms with Crippen LogP contribution < -0.4 is 0 Å². The molecular weight excluding hydrogens is 370 g/mol. The molecule has 4 rings (SSSR count). The number of esters is 1. The van der Waals surface area contributed by atoms with Crippen LogP contribution >= 0.6 is 0 Å². The molecular formula is C22H27N3O4. The molecule has 1 saturated heterocycles. The van der Waals surface area contributed by atoms with Gasteiger partial charge in [-0.05, 0) is 30.4 Å². The van der Waals surface area contributed by atoms with Crippen LogP contribution in [0.5, 0.6) is 0 Å². The molecule has 1 amide bonds. The molecule has 1 aromatic heterocycles. The lowest BCUT2D eigenvalue weighted by Gasteiger charge is -2.39. The van der Waals surface area contributed by atoms with Crippen molar-refractivity contribution in [3.8, 4) is 11.5 Å². The van der Waals surface area contributed by atoms with Gasteiger partial charge in [-0.2, -0.15) is 0 Å². The minimum absolute atomic E-state index is 0.0575. The van der Waals surface area contributed by atoms with Gasteiger partial charge in [-0.25, -0.2) is 0 Å². The van der Waals surface area contributed by atoms with Crippen molar-refractivity contribution in [3.63, 3.8) is 0 Å². The molecule has 1 aliphatic heterocycles. The smallest absolute Gasteiger partial charge is 0.311 e. The van der Waals surface area contributed by atoms with E-state index in [-0.39, 0.29) is 36.8 Å². The van der Waals surface area contributed by atoms with Gasteiger partial charge in [-0.15, -0.1) is 10.2 Å². The number of carbonyl (C=O) groups excluding carboxylic acids is 2. The zero-order valence-electron chi connectivity index (χ0n) is 16.9. The SMILES string of the molecule is C[C@@H]1[C@H](C)CCC[C@@H]1N1C[C@H](C(=O)OCc2nnc(-c3ccccc3)o2)CC1=O. The van der Waals surface area contributed by atoms with E-state index in [4.69, 9.17) is 9.15 Å². The Hall–Kier alpha value is -2.70. The van der Waals surface area contributed by atoms with Crippen molar-refractivity contribution in [2.24, 2.45) is 17.8 Å². The van der Waals surface area contributed by atoms with E-state index in [1.54, 1.807) is 0 Å². The minimum atomic E-state index is -0.427. The molecule has 0 N–H and O–H groups in total. The van der Waals surface area contributed by atoms with Crippen LogP contribution in [0, 0.1) is 17.8 Å². The van der Waals surface area contributed by atoms with Gasteiger partial charge in [0.05, 0.1) is 5.92 Å². The maximum absolute atomic E-state index is 12.6. The average Bonchev–Trinajstić information content (AvgIpc) is 3.36. The van der Waals surface area contributed by atoms with Crippen molar-refractivity contribution in [3.05, 3.63) is 36.2 Å². The summed E-state index contributed by atoms with van der Waals surface area (Å²) in [6.45, 7) is 4.82. The van der Waals surface area contributed by atoms with Crippen molar-refractivity contribution in [1.29, 1.82) is 0 Å². The second-order valence-electron chi connectivity index (χ2n) is 8.26. The molecule has 0 unspecified atom stereocenters. The summed E-state index contributed by atoms with van der Waals surface area (Å²) in [5.41, 5.74) is 0.811. The van der Waals surface area contributed by atoms with E-state index in [0.29, 0.717) is 24.3 Å². The molecule has 4 atom stereocenters. The van der Waals surface area contributed by atoms with Gasteiger partial charge in [0, 0.05) is 24.6 Å². The third-order valence-corrected chi connectivity index (χ3v) is 6.38. The molecule has 0 bridgehead atoms. The average molecular weight is 397 g/mol. The lowest BCUT2D eigenvalue weighted by Crippen LogP contribution is -2.45. The lowest BCUT2D eigenvalue weighted by atomic mass is 9.77. The van der Waals surface area contributed by atoms with E-state index in [2.05, 4.69) is 24.0 Å². The Morgan fingerprint density at radius 3 is 2.79 bits per heavy atom. The van der Waals surface area contributed by atoms with E-state index in [0.717, 1.165) is 18.4 Å². The lowest BCUT2D eigenvalue weighted by molar-refractivity contribution is -0.150. The van der Waals surface area contributed by atoms with Gasteiger partial charge in [0.2, 0.25) is 11.8 Å². The fourth-order valence-corrected chi connectivity index (χ4v) is 4.46. The summed E-state index contributed by atoms with van der Waals surface area (Å²) in [6.07, 6.45) is 3.58. The van der Waals surface area contributed by atoms with Gasteiger partial charge in [0.1, 0.15) is 0 Å². The molecule has 2 fully saturated rings. The molecule has 0 radical (unpaired) electrons. The largest absolute Gasteiger partial charge is 0.455 e. The van der Waals surface area contributed by atoms with Gasteiger partial charge in [0.15, 0.2) is 6.61 Å². The van der Waals surface area contributed by atoms with Crippen LogP contribution in [0.15, 0.2) is 34.7 Å². The molecule has 29 heavy (non-hydrogen) atoms. The molecule has 2 heterocycles. The Kier molecular flexibility index (Phi) is 5.65. The summed E-state index contributed by atoms with van der Waals surface area (Å²) in [6, 6.07) is 9.65. The number of ether oxygens (including phenoxy) is 1. The number of nitrogens with zero attached hydrogens (tertiary/aromatic N) is 3. The first-order chi connectivity index (χ1) is 14.0. The van der Waals surface area contributed by atoms with Gasteiger partial charge >= 0.3 is 5.97 Å². The Morgan fingerprint density at radius 1 is 1.21 bits per heavy atom. The van der Waals surface area contributed by atoms with E-state index >= 15 is 0 Å². The number of amides is 1.